The van der Waals surface area contributed by atoms with Crippen LogP contribution in [0.4, 0.5) is 13.2 Å². The lowest BCUT2D eigenvalue weighted by Crippen LogP contribution is -2.14. The van der Waals surface area contributed by atoms with Crippen molar-refractivity contribution in [3.8, 4) is 5.75 Å². The van der Waals surface area contributed by atoms with E-state index in [0.29, 0.717) is 6.07 Å². The Morgan fingerprint density at radius 2 is 2.14 bits per heavy atom. The van der Waals surface area contributed by atoms with Crippen molar-refractivity contribution in [1.29, 1.82) is 0 Å². The number of carboxylic acid groups (broad SMARTS) is 1. The van der Waals surface area contributed by atoms with Gasteiger partial charge in [-0.3, -0.25) is 4.68 Å². The van der Waals surface area contributed by atoms with Crippen LogP contribution in [-0.2, 0) is 12.7 Å². The maximum atomic E-state index is 12.9. The maximum absolute atomic E-state index is 12.9. The molecule has 0 unspecified atom stereocenters. The molecular formula is C13H11F3N2O3. The minimum atomic E-state index is -4.69. The van der Waals surface area contributed by atoms with Crippen molar-refractivity contribution in [2.45, 2.75) is 12.7 Å². The molecule has 0 bridgehead atoms. The van der Waals surface area contributed by atoms with Crippen LogP contribution in [-0.4, -0.2) is 27.5 Å². The Hall–Kier alpha value is -2.51. The smallest absolute Gasteiger partial charge is 0.419 e. The van der Waals surface area contributed by atoms with Crippen molar-refractivity contribution in [2.24, 2.45) is 0 Å². The highest BCUT2D eigenvalue weighted by molar-refractivity contribution is 5.88. The van der Waals surface area contributed by atoms with Gasteiger partial charge in [-0.25, -0.2) is 4.79 Å². The zero-order valence-electron chi connectivity index (χ0n) is 10.7. The largest absolute Gasteiger partial charge is 0.491 e. The van der Waals surface area contributed by atoms with Gasteiger partial charge in [0.05, 0.1) is 17.7 Å². The SMILES string of the molecule is O=C(O)c1ccc(OCCn2cccn2)c(C(F)(F)F)c1. The molecule has 21 heavy (non-hydrogen) atoms. The molecule has 1 aromatic heterocycles. The Kier molecular flexibility index (Phi) is 4.15. The number of ether oxygens (including phenoxy) is 1. The Bertz CT molecular complexity index is 624. The molecule has 5 nitrogen and oxygen atoms in total. The van der Waals surface area contributed by atoms with Gasteiger partial charge in [-0.1, -0.05) is 0 Å². The third-order valence-electron chi connectivity index (χ3n) is 2.67. The average Bonchev–Trinajstić information content (AvgIpc) is 2.90. The van der Waals surface area contributed by atoms with Crippen LogP contribution in [0, 0.1) is 0 Å². The molecule has 0 saturated carbocycles. The number of aromatic nitrogens is 2. The number of benzene rings is 1. The third kappa shape index (κ3) is 3.74. The normalized spacial score (nSPS) is 11.4. The molecule has 0 amide bonds. The molecule has 1 heterocycles. The lowest BCUT2D eigenvalue weighted by atomic mass is 10.1. The highest BCUT2D eigenvalue weighted by Crippen LogP contribution is 2.36. The highest BCUT2D eigenvalue weighted by atomic mass is 19.4. The average molecular weight is 300 g/mol. The number of halogens is 3. The molecule has 0 saturated heterocycles. The molecule has 0 atom stereocenters. The number of nitrogens with zero attached hydrogens (tertiary/aromatic N) is 2. The molecule has 0 spiro atoms. The van der Waals surface area contributed by atoms with Crippen molar-refractivity contribution in [3.63, 3.8) is 0 Å². The topological polar surface area (TPSA) is 64.3 Å². The first-order chi connectivity index (χ1) is 9.88. The zero-order chi connectivity index (χ0) is 15.5. The second kappa shape index (κ2) is 5.86. The fourth-order valence-corrected chi connectivity index (χ4v) is 1.69. The second-order valence-electron chi connectivity index (χ2n) is 4.13. The lowest BCUT2D eigenvalue weighted by Gasteiger charge is -2.14. The van der Waals surface area contributed by atoms with Gasteiger partial charge >= 0.3 is 12.1 Å². The number of rotatable bonds is 5. The van der Waals surface area contributed by atoms with E-state index >= 15 is 0 Å². The Morgan fingerprint density at radius 3 is 2.71 bits per heavy atom. The fraction of sp³-hybridized carbons (Fsp3) is 0.231. The lowest BCUT2D eigenvalue weighted by molar-refractivity contribution is -0.139. The monoisotopic (exact) mass is 300 g/mol. The second-order valence-corrected chi connectivity index (χ2v) is 4.13. The van der Waals surface area contributed by atoms with Crippen molar-refractivity contribution in [1.82, 2.24) is 9.78 Å². The minimum absolute atomic E-state index is 0.0167. The van der Waals surface area contributed by atoms with Gasteiger partial charge in [0.15, 0.2) is 0 Å². The summed E-state index contributed by atoms with van der Waals surface area (Å²) in [6.07, 6.45) is -1.49. The predicted molar refractivity (Wildman–Crippen MR) is 66.1 cm³/mol. The van der Waals surface area contributed by atoms with E-state index in [4.69, 9.17) is 9.84 Å². The van der Waals surface area contributed by atoms with Crippen LogP contribution < -0.4 is 4.74 Å². The van der Waals surface area contributed by atoms with Gasteiger partial charge in [-0.05, 0) is 24.3 Å². The summed E-state index contributed by atoms with van der Waals surface area (Å²) in [5, 5.41) is 12.6. The van der Waals surface area contributed by atoms with E-state index in [9.17, 15) is 18.0 Å². The van der Waals surface area contributed by atoms with Crippen LogP contribution in [0.3, 0.4) is 0 Å². The van der Waals surface area contributed by atoms with Crippen LogP contribution in [0.1, 0.15) is 15.9 Å². The Balaban J connectivity index is 2.16. The number of aromatic carboxylic acids is 1. The molecule has 0 aliphatic rings. The van der Waals surface area contributed by atoms with Gasteiger partial charge in [-0.2, -0.15) is 18.3 Å². The molecule has 0 fully saturated rings. The molecule has 0 aliphatic heterocycles. The Morgan fingerprint density at radius 1 is 1.38 bits per heavy atom. The highest BCUT2D eigenvalue weighted by Gasteiger charge is 2.35. The summed E-state index contributed by atoms with van der Waals surface area (Å²) in [6.45, 7) is 0.266. The molecule has 2 rings (SSSR count). The quantitative estimate of drug-likeness (QED) is 0.922. The number of alkyl halides is 3. The van der Waals surface area contributed by atoms with E-state index in [1.807, 2.05) is 0 Å². The molecule has 1 N–H and O–H groups in total. The van der Waals surface area contributed by atoms with Crippen LogP contribution >= 0.6 is 0 Å². The molecular weight excluding hydrogens is 289 g/mol. The number of hydrogen-bond acceptors (Lipinski definition) is 3. The Labute approximate surface area is 117 Å². The van der Waals surface area contributed by atoms with Gasteiger partial charge in [0, 0.05) is 12.4 Å². The van der Waals surface area contributed by atoms with Crippen LogP contribution in [0.15, 0.2) is 36.7 Å². The number of carboxylic acids is 1. The summed E-state index contributed by atoms with van der Waals surface area (Å²) < 4.78 is 45.3. The van der Waals surface area contributed by atoms with Gasteiger partial charge in [-0.15, -0.1) is 0 Å². The first kappa shape index (κ1) is 14.9. The standard InChI is InChI=1S/C13H11F3N2O3/c14-13(15,16)10-8-9(12(19)20)2-3-11(10)21-7-6-18-5-1-4-17-18/h1-5,8H,6-7H2,(H,19,20). The van der Waals surface area contributed by atoms with Crippen molar-refractivity contribution in [2.75, 3.05) is 6.61 Å². The first-order valence-electron chi connectivity index (χ1n) is 5.92. The van der Waals surface area contributed by atoms with E-state index in [1.165, 1.54) is 4.68 Å². The minimum Gasteiger partial charge on any atom is -0.491 e. The van der Waals surface area contributed by atoms with Crippen LogP contribution in [0.5, 0.6) is 5.75 Å². The predicted octanol–water partition coefficient (Wildman–Crippen LogP) is 2.68. The van der Waals surface area contributed by atoms with E-state index in [2.05, 4.69) is 5.10 Å². The summed E-state index contributed by atoms with van der Waals surface area (Å²) in [5.74, 6) is -1.83. The van der Waals surface area contributed by atoms with Crippen molar-refractivity contribution < 1.29 is 27.8 Å². The molecule has 112 valence electrons. The summed E-state index contributed by atoms with van der Waals surface area (Å²) in [4.78, 5) is 10.7. The van der Waals surface area contributed by atoms with Gasteiger partial charge < -0.3 is 9.84 Å². The van der Waals surface area contributed by atoms with Gasteiger partial charge in [0.25, 0.3) is 0 Å². The molecule has 1 aromatic carbocycles. The zero-order valence-corrected chi connectivity index (χ0v) is 10.7. The summed E-state index contributed by atoms with van der Waals surface area (Å²) in [6, 6.07) is 4.32. The van der Waals surface area contributed by atoms with Crippen LogP contribution in [0.2, 0.25) is 0 Å². The molecule has 2 aromatic rings. The number of hydrogen-bond donors (Lipinski definition) is 1. The molecule has 0 aliphatic carbocycles. The molecule has 8 heteroatoms. The summed E-state index contributed by atoms with van der Waals surface area (Å²) in [5.41, 5.74) is -1.55. The third-order valence-corrected chi connectivity index (χ3v) is 2.67. The van der Waals surface area contributed by atoms with Crippen molar-refractivity contribution >= 4 is 5.97 Å². The summed E-state index contributed by atoms with van der Waals surface area (Å²) in [7, 11) is 0. The van der Waals surface area contributed by atoms with Gasteiger partial charge in [0.2, 0.25) is 0 Å². The van der Waals surface area contributed by atoms with E-state index in [-0.39, 0.29) is 13.2 Å². The maximum Gasteiger partial charge on any atom is 0.419 e. The molecule has 0 radical (unpaired) electrons. The van der Waals surface area contributed by atoms with Gasteiger partial charge in [0.1, 0.15) is 12.4 Å². The number of carbonyl (C=O) groups is 1. The van der Waals surface area contributed by atoms with Crippen molar-refractivity contribution in [3.05, 3.63) is 47.8 Å². The fourth-order valence-electron chi connectivity index (χ4n) is 1.69. The first-order valence-corrected chi connectivity index (χ1v) is 5.92. The van der Waals surface area contributed by atoms with E-state index in [1.54, 1.807) is 18.5 Å². The van der Waals surface area contributed by atoms with E-state index < -0.39 is 29.0 Å². The summed E-state index contributed by atoms with van der Waals surface area (Å²) >= 11 is 0. The van der Waals surface area contributed by atoms with Crippen LogP contribution in [0.25, 0.3) is 0 Å². The van der Waals surface area contributed by atoms with E-state index in [0.717, 1.165) is 12.1 Å².